The van der Waals surface area contributed by atoms with Gasteiger partial charge in [0.05, 0.1) is 0 Å². The van der Waals surface area contributed by atoms with Gasteiger partial charge in [0.1, 0.15) is 23.7 Å². The third-order valence-electron chi connectivity index (χ3n) is 6.20. The van der Waals surface area contributed by atoms with E-state index in [1.54, 1.807) is 12.4 Å². The molecule has 5 rings (SSSR count). The van der Waals surface area contributed by atoms with Gasteiger partial charge >= 0.3 is 0 Å². The van der Waals surface area contributed by atoms with E-state index in [0.29, 0.717) is 17.5 Å². The van der Waals surface area contributed by atoms with Gasteiger partial charge in [0, 0.05) is 30.3 Å². The molecule has 7 heteroatoms. The molecule has 1 amide bonds. The lowest BCUT2D eigenvalue weighted by Gasteiger charge is -2.33. The number of aromatic nitrogens is 5. The number of hydrogen-bond acceptors (Lipinski definition) is 5. The number of hydrogen-bond donors (Lipinski definition) is 1. The summed E-state index contributed by atoms with van der Waals surface area (Å²) in [6.45, 7) is 1.91. The summed E-state index contributed by atoms with van der Waals surface area (Å²) in [6, 6.07) is 9.85. The summed E-state index contributed by atoms with van der Waals surface area (Å²) in [4.78, 5) is 21.9. The summed E-state index contributed by atoms with van der Waals surface area (Å²) in [7, 11) is 1.99. The highest BCUT2D eigenvalue weighted by atomic mass is 16.1. The van der Waals surface area contributed by atoms with Gasteiger partial charge in [0.15, 0.2) is 0 Å². The van der Waals surface area contributed by atoms with Crippen molar-refractivity contribution in [3.63, 3.8) is 0 Å². The molecule has 0 unspecified atom stereocenters. The summed E-state index contributed by atoms with van der Waals surface area (Å²) in [6.07, 6.45) is 7.61. The summed E-state index contributed by atoms with van der Waals surface area (Å²) in [5, 5.41) is 11.5. The van der Waals surface area contributed by atoms with E-state index < -0.39 is 0 Å². The van der Waals surface area contributed by atoms with Crippen molar-refractivity contribution in [1.82, 2.24) is 24.7 Å². The van der Waals surface area contributed by atoms with Crippen molar-refractivity contribution in [2.75, 3.05) is 5.32 Å². The molecular weight excluding hydrogens is 376 g/mol. The second kappa shape index (κ2) is 7.63. The predicted octanol–water partition coefficient (Wildman–Crippen LogP) is 3.98. The van der Waals surface area contributed by atoms with Gasteiger partial charge < -0.3 is 9.88 Å². The molecule has 2 heterocycles. The largest absolute Gasteiger partial charge is 0.321 e. The Kier molecular flexibility index (Phi) is 4.81. The minimum Gasteiger partial charge on any atom is -0.321 e. The van der Waals surface area contributed by atoms with Crippen molar-refractivity contribution in [1.29, 1.82) is 0 Å². The van der Waals surface area contributed by atoms with Crippen molar-refractivity contribution < 1.29 is 4.79 Å². The molecule has 2 aliphatic rings. The molecule has 2 saturated carbocycles. The van der Waals surface area contributed by atoms with E-state index in [1.165, 1.54) is 19.3 Å². The number of carbonyl (C=O) groups is 1. The number of aryl methyl sites for hydroxylation is 2. The van der Waals surface area contributed by atoms with Crippen molar-refractivity contribution in [2.24, 2.45) is 13.0 Å². The molecule has 0 saturated heterocycles. The molecule has 0 bridgehead atoms. The Bertz CT molecular complexity index is 1080. The molecule has 0 spiro atoms. The van der Waals surface area contributed by atoms with Crippen molar-refractivity contribution in [3.05, 3.63) is 65.3 Å². The molecule has 2 aromatic heterocycles. The van der Waals surface area contributed by atoms with Crippen LogP contribution < -0.4 is 5.32 Å². The number of carbonyl (C=O) groups excluding carboxylic acids is 1. The van der Waals surface area contributed by atoms with E-state index in [9.17, 15) is 4.79 Å². The molecule has 154 valence electrons. The van der Waals surface area contributed by atoms with Crippen LogP contribution in [0.15, 0.2) is 36.7 Å². The van der Waals surface area contributed by atoms with Crippen LogP contribution in [-0.4, -0.2) is 30.6 Å². The number of amides is 1. The molecule has 2 fully saturated rings. The number of benzene rings is 1. The summed E-state index contributed by atoms with van der Waals surface area (Å²) in [5.41, 5.74) is 3.19. The smallest absolute Gasteiger partial charge is 0.274 e. The second-order valence-electron chi connectivity index (χ2n) is 8.58. The summed E-state index contributed by atoms with van der Waals surface area (Å²) >= 11 is 0. The fourth-order valence-corrected chi connectivity index (χ4v) is 4.22. The van der Waals surface area contributed by atoms with E-state index in [0.717, 1.165) is 41.4 Å². The Morgan fingerprint density at radius 2 is 2.00 bits per heavy atom. The first-order valence-corrected chi connectivity index (χ1v) is 10.7. The lowest BCUT2D eigenvalue weighted by atomic mass is 9.72. The van der Waals surface area contributed by atoms with E-state index in [1.807, 2.05) is 30.7 Å². The lowest BCUT2D eigenvalue weighted by molar-refractivity contribution is 0.102. The maximum absolute atomic E-state index is 12.9. The molecule has 0 aliphatic heterocycles. The fourth-order valence-electron chi connectivity index (χ4n) is 4.22. The van der Waals surface area contributed by atoms with Gasteiger partial charge in [-0.15, -0.1) is 10.2 Å². The quantitative estimate of drug-likeness (QED) is 0.674. The Morgan fingerprint density at radius 3 is 2.67 bits per heavy atom. The number of rotatable bonds is 6. The van der Waals surface area contributed by atoms with Gasteiger partial charge in [-0.05, 0) is 62.3 Å². The van der Waals surface area contributed by atoms with Crippen LogP contribution >= 0.6 is 0 Å². The zero-order valence-corrected chi connectivity index (χ0v) is 17.4. The van der Waals surface area contributed by atoms with Crippen LogP contribution in [0.3, 0.4) is 0 Å². The highest BCUT2D eigenvalue weighted by Crippen LogP contribution is 2.43. The normalized spacial score (nSPS) is 17.4. The topological polar surface area (TPSA) is 85.6 Å². The molecule has 1 aromatic carbocycles. The Morgan fingerprint density at radius 1 is 1.17 bits per heavy atom. The molecule has 1 atom stereocenters. The van der Waals surface area contributed by atoms with Crippen molar-refractivity contribution >= 4 is 11.6 Å². The van der Waals surface area contributed by atoms with Gasteiger partial charge in [-0.3, -0.25) is 4.79 Å². The maximum Gasteiger partial charge on any atom is 0.274 e. The van der Waals surface area contributed by atoms with Crippen LogP contribution in [0.2, 0.25) is 0 Å². The third kappa shape index (κ3) is 3.72. The SMILES string of the molecule is Cc1cc(C(=O)Nc2cccc([C@H](c3nncn3C)C3CCC3)c2)nc(C2CC2)n1. The van der Waals surface area contributed by atoms with Gasteiger partial charge in [-0.1, -0.05) is 18.6 Å². The molecule has 1 N–H and O–H groups in total. The van der Waals surface area contributed by atoms with Crippen LogP contribution in [-0.2, 0) is 7.05 Å². The van der Waals surface area contributed by atoms with Crippen LogP contribution in [0.4, 0.5) is 5.69 Å². The Labute approximate surface area is 176 Å². The summed E-state index contributed by atoms with van der Waals surface area (Å²) < 4.78 is 2.00. The average Bonchev–Trinajstić information content (AvgIpc) is 3.46. The summed E-state index contributed by atoms with van der Waals surface area (Å²) in [5.74, 6) is 2.73. The fraction of sp³-hybridized carbons (Fsp3) is 0.435. The molecule has 7 nitrogen and oxygen atoms in total. The monoisotopic (exact) mass is 402 g/mol. The van der Waals surface area contributed by atoms with Crippen molar-refractivity contribution in [2.45, 2.75) is 50.9 Å². The Balaban J connectivity index is 1.41. The highest BCUT2D eigenvalue weighted by Gasteiger charge is 2.33. The van der Waals surface area contributed by atoms with Crippen LogP contribution in [0.5, 0.6) is 0 Å². The minimum absolute atomic E-state index is 0.186. The number of anilines is 1. The first kappa shape index (κ1) is 18.9. The number of nitrogens with zero attached hydrogens (tertiary/aromatic N) is 5. The molecular formula is C23H26N6O. The van der Waals surface area contributed by atoms with E-state index in [4.69, 9.17) is 0 Å². The third-order valence-corrected chi connectivity index (χ3v) is 6.20. The molecule has 0 radical (unpaired) electrons. The van der Waals surface area contributed by atoms with Gasteiger partial charge in [0.2, 0.25) is 0 Å². The number of nitrogens with one attached hydrogen (secondary N) is 1. The van der Waals surface area contributed by atoms with E-state index in [-0.39, 0.29) is 11.8 Å². The van der Waals surface area contributed by atoms with Crippen LogP contribution in [0, 0.1) is 12.8 Å². The zero-order valence-electron chi connectivity index (χ0n) is 17.4. The predicted molar refractivity (Wildman–Crippen MR) is 113 cm³/mol. The molecule has 2 aliphatic carbocycles. The van der Waals surface area contributed by atoms with Gasteiger partial charge in [0.25, 0.3) is 5.91 Å². The molecule has 30 heavy (non-hydrogen) atoms. The standard InChI is InChI=1S/C23H26N6O/c1-14-11-19(27-21(25-14)16-9-10-16)23(30)26-18-8-4-7-17(12-18)20(15-5-3-6-15)22-28-24-13-29(22)2/h4,7-8,11-13,15-16,20H,3,5-6,9-10H2,1-2H3,(H,26,30)/t20-/m1/s1. The van der Waals surface area contributed by atoms with Crippen LogP contribution in [0.1, 0.15) is 77.3 Å². The van der Waals surface area contributed by atoms with Gasteiger partial charge in [-0.2, -0.15) is 0 Å². The van der Waals surface area contributed by atoms with Gasteiger partial charge in [-0.25, -0.2) is 9.97 Å². The highest BCUT2D eigenvalue weighted by molar-refractivity contribution is 6.03. The zero-order chi connectivity index (χ0) is 20.7. The second-order valence-corrected chi connectivity index (χ2v) is 8.58. The Hall–Kier alpha value is -3.09. The minimum atomic E-state index is -0.196. The lowest BCUT2D eigenvalue weighted by Crippen LogP contribution is -2.24. The first-order chi connectivity index (χ1) is 14.6. The van der Waals surface area contributed by atoms with E-state index in [2.05, 4.69) is 37.6 Å². The van der Waals surface area contributed by atoms with Crippen molar-refractivity contribution in [3.8, 4) is 0 Å². The van der Waals surface area contributed by atoms with E-state index >= 15 is 0 Å². The van der Waals surface area contributed by atoms with Crippen LogP contribution in [0.25, 0.3) is 0 Å². The first-order valence-electron chi connectivity index (χ1n) is 10.7. The molecule has 3 aromatic rings. The average molecular weight is 403 g/mol. The maximum atomic E-state index is 12.9.